The lowest BCUT2D eigenvalue weighted by molar-refractivity contribution is 0.309. The van der Waals surface area contributed by atoms with Crippen molar-refractivity contribution in [3.8, 4) is 22.9 Å². The van der Waals surface area contributed by atoms with Gasteiger partial charge in [-0.25, -0.2) is 0 Å². The Bertz CT molecular complexity index is 1310. The van der Waals surface area contributed by atoms with Crippen LogP contribution in [0.1, 0.15) is 25.3 Å². The molecule has 31 heavy (non-hydrogen) atoms. The highest BCUT2D eigenvalue weighted by molar-refractivity contribution is 7.15. The lowest BCUT2D eigenvalue weighted by atomic mass is 10.2. The molecule has 0 spiro atoms. The van der Waals surface area contributed by atoms with Gasteiger partial charge in [0.05, 0.1) is 18.2 Å². The Hall–Kier alpha value is -3.45. The number of rotatable bonds is 8. The SMILES string of the molecule is CCCCOc1ccc(-c2nc3sc(=CC=Cc4ccccc4OC)c(=O)n3n2)cc1. The number of hydrogen-bond acceptors (Lipinski definition) is 6. The van der Waals surface area contributed by atoms with Gasteiger partial charge in [0.2, 0.25) is 4.96 Å². The summed E-state index contributed by atoms with van der Waals surface area (Å²) >= 11 is 1.32. The molecule has 4 rings (SSSR count). The molecule has 0 bridgehead atoms. The molecule has 0 fully saturated rings. The molecular weight excluding hydrogens is 410 g/mol. The van der Waals surface area contributed by atoms with Gasteiger partial charge in [-0.1, -0.05) is 55.0 Å². The summed E-state index contributed by atoms with van der Waals surface area (Å²) in [4.78, 5) is 17.8. The minimum atomic E-state index is -0.178. The fourth-order valence-corrected chi connectivity index (χ4v) is 3.91. The molecule has 2 heterocycles. The fraction of sp³-hybridized carbons (Fsp3) is 0.208. The molecule has 0 amide bonds. The van der Waals surface area contributed by atoms with Crippen molar-refractivity contribution in [3.63, 3.8) is 0 Å². The summed E-state index contributed by atoms with van der Waals surface area (Å²) in [6, 6.07) is 15.3. The number of para-hydroxylation sites is 1. The van der Waals surface area contributed by atoms with E-state index in [1.807, 2.05) is 60.7 Å². The van der Waals surface area contributed by atoms with Crippen LogP contribution in [0.5, 0.6) is 11.5 Å². The van der Waals surface area contributed by atoms with Gasteiger partial charge in [0.15, 0.2) is 5.82 Å². The number of thiazole rings is 1. The molecule has 2 aromatic carbocycles. The summed E-state index contributed by atoms with van der Waals surface area (Å²) in [5.41, 5.74) is 1.61. The first-order valence-electron chi connectivity index (χ1n) is 10.1. The lowest BCUT2D eigenvalue weighted by Gasteiger charge is -2.05. The maximum Gasteiger partial charge on any atom is 0.291 e. The summed E-state index contributed by atoms with van der Waals surface area (Å²) in [5.74, 6) is 2.13. The van der Waals surface area contributed by atoms with Crippen LogP contribution in [0, 0.1) is 0 Å². The van der Waals surface area contributed by atoms with Gasteiger partial charge in [-0.05, 0) is 42.8 Å². The highest BCUT2D eigenvalue weighted by Gasteiger charge is 2.11. The summed E-state index contributed by atoms with van der Waals surface area (Å²) in [6.45, 7) is 2.84. The predicted octanol–water partition coefficient (Wildman–Crippen LogP) is 4.22. The van der Waals surface area contributed by atoms with Crippen LogP contribution in [0.25, 0.3) is 28.5 Å². The van der Waals surface area contributed by atoms with Crippen molar-refractivity contribution in [2.45, 2.75) is 19.8 Å². The Morgan fingerprint density at radius 3 is 2.68 bits per heavy atom. The Balaban J connectivity index is 1.55. The fourth-order valence-electron chi connectivity index (χ4n) is 3.05. The normalized spacial score (nSPS) is 12.1. The minimum Gasteiger partial charge on any atom is -0.496 e. The maximum atomic E-state index is 12.7. The number of fused-ring (bicyclic) bond motifs is 1. The Labute approximate surface area is 184 Å². The van der Waals surface area contributed by atoms with Gasteiger partial charge in [0, 0.05) is 11.1 Å². The van der Waals surface area contributed by atoms with Crippen molar-refractivity contribution in [1.82, 2.24) is 14.6 Å². The van der Waals surface area contributed by atoms with Crippen LogP contribution >= 0.6 is 11.3 Å². The summed E-state index contributed by atoms with van der Waals surface area (Å²) < 4.78 is 13.0. The van der Waals surface area contributed by atoms with Crippen LogP contribution < -0.4 is 19.6 Å². The van der Waals surface area contributed by atoms with Gasteiger partial charge < -0.3 is 9.47 Å². The van der Waals surface area contributed by atoms with Gasteiger partial charge in [0.1, 0.15) is 11.5 Å². The molecule has 0 N–H and O–H groups in total. The number of allylic oxidation sites excluding steroid dienone is 1. The van der Waals surface area contributed by atoms with E-state index >= 15 is 0 Å². The molecule has 0 atom stereocenters. The zero-order chi connectivity index (χ0) is 21.6. The number of unbranched alkanes of at least 4 members (excludes halogenated alkanes) is 1. The second-order valence-electron chi connectivity index (χ2n) is 6.90. The van der Waals surface area contributed by atoms with Gasteiger partial charge in [-0.3, -0.25) is 4.79 Å². The van der Waals surface area contributed by atoms with E-state index in [0.717, 1.165) is 35.5 Å². The monoisotopic (exact) mass is 433 g/mol. The number of benzene rings is 2. The second-order valence-corrected chi connectivity index (χ2v) is 7.90. The quantitative estimate of drug-likeness (QED) is 0.389. The zero-order valence-electron chi connectivity index (χ0n) is 17.4. The summed E-state index contributed by atoms with van der Waals surface area (Å²) in [5, 5.41) is 4.40. The predicted molar refractivity (Wildman–Crippen MR) is 125 cm³/mol. The molecule has 6 nitrogen and oxygen atoms in total. The molecule has 2 aromatic heterocycles. The lowest BCUT2D eigenvalue weighted by Crippen LogP contribution is -2.23. The molecule has 0 unspecified atom stereocenters. The molecule has 0 saturated carbocycles. The largest absolute Gasteiger partial charge is 0.496 e. The van der Waals surface area contributed by atoms with Crippen LogP contribution in [0.15, 0.2) is 59.4 Å². The molecule has 0 aliphatic carbocycles. The highest BCUT2D eigenvalue weighted by atomic mass is 32.1. The molecular formula is C24H23N3O3S. The standard InChI is InChI=1S/C24H23N3O3S/c1-3-4-16-30-19-14-12-18(13-15-19)22-25-24-27(26-22)23(28)21(31-24)11-7-9-17-8-5-6-10-20(17)29-2/h5-15H,3-4,16H2,1-2H3. The van der Waals surface area contributed by atoms with Crippen LogP contribution in [0.3, 0.4) is 0 Å². The van der Waals surface area contributed by atoms with Gasteiger partial charge >= 0.3 is 0 Å². The first-order valence-corrected chi connectivity index (χ1v) is 11.0. The maximum absolute atomic E-state index is 12.7. The van der Waals surface area contributed by atoms with E-state index in [1.165, 1.54) is 15.9 Å². The van der Waals surface area contributed by atoms with Crippen molar-refractivity contribution in [2.24, 2.45) is 0 Å². The zero-order valence-corrected chi connectivity index (χ0v) is 18.3. The van der Waals surface area contributed by atoms with Crippen molar-refractivity contribution < 1.29 is 9.47 Å². The molecule has 158 valence electrons. The number of hydrogen-bond donors (Lipinski definition) is 0. The molecule has 0 radical (unpaired) electrons. The van der Waals surface area contributed by atoms with Crippen molar-refractivity contribution in [1.29, 1.82) is 0 Å². The number of ether oxygens (including phenoxy) is 2. The third-order valence-corrected chi connectivity index (χ3v) is 5.70. The van der Waals surface area contributed by atoms with E-state index in [-0.39, 0.29) is 5.56 Å². The number of aromatic nitrogens is 3. The average molecular weight is 434 g/mol. The van der Waals surface area contributed by atoms with Crippen LogP contribution in [0.4, 0.5) is 0 Å². The summed E-state index contributed by atoms with van der Waals surface area (Å²) in [6.07, 6.45) is 7.64. The van der Waals surface area contributed by atoms with E-state index < -0.39 is 0 Å². The Kier molecular flexibility index (Phi) is 6.43. The van der Waals surface area contributed by atoms with Crippen LogP contribution in [0.2, 0.25) is 0 Å². The van der Waals surface area contributed by atoms with E-state index in [4.69, 9.17) is 9.47 Å². The van der Waals surface area contributed by atoms with Crippen LogP contribution in [-0.2, 0) is 0 Å². The minimum absolute atomic E-state index is 0.178. The molecule has 0 saturated heterocycles. The molecule has 0 aliphatic heterocycles. The Morgan fingerprint density at radius 1 is 1.13 bits per heavy atom. The van der Waals surface area contributed by atoms with E-state index in [9.17, 15) is 4.79 Å². The van der Waals surface area contributed by atoms with Crippen LogP contribution in [-0.4, -0.2) is 28.3 Å². The smallest absolute Gasteiger partial charge is 0.291 e. The van der Waals surface area contributed by atoms with Gasteiger partial charge in [0.25, 0.3) is 5.56 Å². The second kappa shape index (κ2) is 9.57. The van der Waals surface area contributed by atoms with Crippen molar-refractivity contribution in [3.05, 3.63) is 75.1 Å². The topological polar surface area (TPSA) is 65.7 Å². The number of methoxy groups -OCH3 is 1. The van der Waals surface area contributed by atoms with Crippen molar-refractivity contribution >= 4 is 28.4 Å². The number of nitrogens with zero attached hydrogens (tertiary/aromatic N) is 3. The average Bonchev–Trinajstić information content (AvgIpc) is 3.34. The van der Waals surface area contributed by atoms with E-state index in [2.05, 4.69) is 17.0 Å². The first-order chi connectivity index (χ1) is 15.2. The third kappa shape index (κ3) is 4.67. The molecule has 0 aliphatic rings. The summed E-state index contributed by atoms with van der Waals surface area (Å²) in [7, 11) is 1.64. The van der Waals surface area contributed by atoms with E-state index in [0.29, 0.717) is 21.9 Å². The van der Waals surface area contributed by atoms with Gasteiger partial charge in [-0.2, -0.15) is 9.50 Å². The molecule has 4 aromatic rings. The van der Waals surface area contributed by atoms with E-state index in [1.54, 1.807) is 13.2 Å². The molecule has 7 heteroatoms. The van der Waals surface area contributed by atoms with Crippen molar-refractivity contribution in [2.75, 3.05) is 13.7 Å². The Morgan fingerprint density at radius 2 is 1.94 bits per heavy atom. The first kappa shape index (κ1) is 20.8. The van der Waals surface area contributed by atoms with Gasteiger partial charge in [-0.15, -0.1) is 5.10 Å². The highest BCUT2D eigenvalue weighted by Crippen LogP contribution is 2.21. The third-order valence-electron chi connectivity index (χ3n) is 4.72.